The van der Waals surface area contributed by atoms with E-state index in [0.29, 0.717) is 0 Å². The van der Waals surface area contributed by atoms with Crippen molar-refractivity contribution in [3.05, 3.63) is 18.3 Å². The lowest BCUT2D eigenvalue weighted by Gasteiger charge is -2.17. The zero-order chi connectivity index (χ0) is 9.68. The van der Waals surface area contributed by atoms with Gasteiger partial charge >= 0.3 is 0 Å². The average molecular weight is 180 g/mol. The Balaban J connectivity index is 2.44. The Morgan fingerprint density at radius 2 is 2.38 bits per heavy atom. The van der Waals surface area contributed by atoms with Crippen molar-refractivity contribution >= 4 is 5.82 Å². The molecular formula is C9H16N4. The van der Waals surface area contributed by atoms with Gasteiger partial charge in [0.25, 0.3) is 0 Å². The Labute approximate surface area is 78.8 Å². The van der Waals surface area contributed by atoms with Gasteiger partial charge in [0.2, 0.25) is 0 Å². The Morgan fingerprint density at radius 3 is 2.92 bits per heavy atom. The van der Waals surface area contributed by atoms with Crippen molar-refractivity contribution in [3.8, 4) is 0 Å². The van der Waals surface area contributed by atoms with Crippen LogP contribution >= 0.6 is 0 Å². The third-order valence-electron chi connectivity index (χ3n) is 1.87. The fourth-order valence-corrected chi connectivity index (χ4v) is 1.01. The van der Waals surface area contributed by atoms with E-state index < -0.39 is 0 Å². The number of nitrogens with zero attached hydrogens (tertiary/aromatic N) is 3. The Bertz CT molecular complexity index is 235. The van der Waals surface area contributed by atoms with Gasteiger partial charge in [0, 0.05) is 25.8 Å². The predicted molar refractivity (Wildman–Crippen MR) is 53.6 cm³/mol. The molecule has 0 saturated carbocycles. The Morgan fingerprint density at radius 1 is 1.62 bits per heavy atom. The maximum absolute atomic E-state index is 5.66. The Kier molecular flexibility index (Phi) is 3.64. The van der Waals surface area contributed by atoms with E-state index in [1.165, 1.54) is 0 Å². The minimum atomic E-state index is 0.235. The molecule has 4 nitrogen and oxygen atoms in total. The fraction of sp³-hybridized carbons (Fsp3) is 0.556. The van der Waals surface area contributed by atoms with Gasteiger partial charge in [-0.1, -0.05) is 0 Å². The molecule has 1 rings (SSSR count). The first kappa shape index (κ1) is 9.92. The lowest BCUT2D eigenvalue weighted by atomic mass is 10.2. The second kappa shape index (κ2) is 4.77. The lowest BCUT2D eigenvalue weighted by molar-refractivity contribution is 0.654. The molecule has 1 unspecified atom stereocenters. The first-order valence-electron chi connectivity index (χ1n) is 4.44. The molecule has 0 aromatic carbocycles. The topological polar surface area (TPSA) is 55.0 Å². The number of hydrogen-bond donors (Lipinski definition) is 1. The fourth-order valence-electron chi connectivity index (χ4n) is 1.01. The van der Waals surface area contributed by atoms with Crippen LogP contribution in [0.25, 0.3) is 0 Å². The standard InChI is InChI=1S/C9H16N4/c1-8(10)5-7-13(2)9-4-3-6-11-12-9/h3-4,6,8H,5,7,10H2,1-2H3. The maximum atomic E-state index is 5.66. The van der Waals surface area contributed by atoms with Gasteiger partial charge in [-0.25, -0.2) is 0 Å². The SMILES string of the molecule is CC(N)CCN(C)c1cccnn1. The van der Waals surface area contributed by atoms with Crippen LogP contribution in [-0.2, 0) is 0 Å². The number of rotatable bonds is 4. The Hall–Kier alpha value is -1.16. The highest BCUT2D eigenvalue weighted by Crippen LogP contribution is 2.05. The summed E-state index contributed by atoms with van der Waals surface area (Å²) in [5.41, 5.74) is 5.66. The number of nitrogens with two attached hydrogens (primary N) is 1. The van der Waals surface area contributed by atoms with Crippen molar-refractivity contribution in [2.75, 3.05) is 18.5 Å². The maximum Gasteiger partial charge on any atom is 0.150 e. The van der Waals surface area contributed by atoms with Crippen molar-refractivity contribution in [2.45, 2.75) is 19.4 Å². The van der Waals surface area contributed by atoms with Crippen LogP contribution in [0.15, 0.2) is 18.3 Å². The largest absolute Gasteiger partial charge is 0.358 e. The molecule has 1 heterocycles. The molecule has 0 aliphatic heterocycles. The molecule has 1 atom stereocenters. The molecule has 2 N–H and O–H groups in total. The summed E-state index contributed by atoms with van der Waals surface area (Å²) in [6.45, 7) is 2.92. The van der Waals surface area contributed by atoms with Crippen LogP contribution in [0, 0.1) is 0 Å². The molecule has 1 aromatic heterocycles. The van der Waals surface area contributed by atoms with E-state index in [2.05, 4.69) is 15.1 Å². The van der Waals surface area contributed by atoms with Gasteiger partial charge < -0.3 is 10.6 Å². The van der Waals surface area contributed by atoms with Gasteiger partial charge in [-0.2, -0.15) is 5.10 Å². The summed E-state index contributed by atoms with van der Waals surface area (Å²) < 4.78 is 0. The zero-order valence-corrected chi connectivity index (χ0v) is 8.14. The van der Waals surface area contributed by atoms with E-state index in [1.54, 1.807) is 6.20 Å². The summed E-state index contributed by atoms with van der Waals surface area (Å²) in [4.78, 5) is 2.05. The predicted octanol–water partition coefficient (Wildman–Crippen LogP) is 0.650. The van der Waals surface area contributed by atoms with Crippen molar-refractivity contribution in [3.63, 3.8) is 0 Å². The molecule has 1 aromatic rings. The molecule has 0 aliphatic rings. The van der Waals surface area contributed by atoms with Gasteiger partial charge in [-0.15, -0.1) is 5.10 Å². The number of aromatic nitrogens is 2. The second-order valence-corrected chi connectivity index (χ2v) is 3.27. The molecule has 0 aliphatic carbocycles. The molecule has 0 bridgehead atoms. The minimum absolute atomic E-state index is 0.235. The van der Waals surface area contributed by atoms with Gasteiger partial charge in [0.05, 0.1) is 0 Å². The highest BCUT2D eigenvalue weighted by atomic mass is 15.2. The van der Waals surface area contributed by atoms with E-state index in [-0.39, 0.29) is 6.04 Å². The summed E-state index contributed by atoms with van der Waals surface area (Å²) in [5, 5.41) is 7.80. The quantitative estimate of drug-likeness (QED) is 0.739. The molecular weight excluding hydrogens is 164 g/mol. The number of anilines is 1. The molecule has 4 heteroatoms. The third-order valence-corrected chi connectivity index (χ3v) is 1.87. The highest BCUT2D eigenvalue weighted by molar-refractivity contribution is 5.34. The van der Waals surface area contributed by atoms with E-state index in [0.717, 1.165) is 18.8 Å². The molecule has 13 heavy (non-hydrogen) atoms. The zero-order valence-electron chi connectivity index (χ0n) is 8.14. The average Bonchev–Trinajstić information content (AvgIpc) is 2.15. The monoisotopic (exact) mass is 180 g/mol. The van der Waals surface area contributed by atoms with Crippen LogP contribution in [0.3, 0.4) is 0 Å². The smallest absolute Gasteiger partial charge is 0.150 e. The summed E-state index contributed by atoms with van der Waals surface area (Å²) in [5.74, 6) is 0.892. The van der Waals surface area contributed by atoms with E-state index in [1.807, 2.05) is 26.1 Å². The van der Waals surface area contributed by atoms with E-state index in [9.17, 15) is 0 Å². The van der Waals surface area contributed by atoms with Gasteiger partial charge in [-0.05, 0) is 25.5 Å². The lowest BCUT2D eigenvalue weighted by Crippen LogP contribution is -2.26. The van der Waals surface area contributed by atoms with Crippen LogP contribution in [0.4, 0.5) is 5.82 Å². The first-order valence-corrected chi connectivity index (χ1v) is 4.44. The van der Waals surface area contributed by atoms with Crippen molar-refractivity contribution in [1.29, 1.82) is 0 Å². The highest BCUT2D eigenvalue weighted by Gasteiger charge is 2.02. The molecule has 0 saturated heterocycles. The second-order valence-electron chi connectivity index (χ2n) is 3.27. The van der Waals surface area contributed by atoms with Crippen LogP contribution in [0.5, 0.6) is 0 Å². The summed E-state index contributed by atoms with van der Waals surface area (Å²) in [6.07, 6.45) is 2.63. The van der Waals surface area contributed by atoms with Crippen LogP contribution in [-0.4, -0.2) is 29.8 Å². The summed E-state index contributed by atoms with van der Waals surface area (Å²) in [7, 11) is 1.99. The van der Waals surface area contributed by atoms with Crippen LogP contribution in [0.1, 0.15) is 13.3 Å². The molecule has 0 fully saturated rings. The van der Waals surface area contributed by atoms with Crippen molar-refractivity contribution < 1.29 is 0 Å². The van der Waals surface area contributed by atoms with Gasteiger partial charge in [-0.3, -0.25) is 0 Å². The van der Waals surface area contributed by atoms with Crippen molar-refractivity contribution in [2.24, 2.45) is 5.73 Å². The first-order chi connectivity index (χ1) is 6.20. The van der Waals surface area contributed by atoms with Gasteiger partial charge in [0.15, 0.2) is 5.82 Å². The minimum Gasteiger partial charge on any atom is -0.358 e. The molecule has 72 valence electrons. The molecule has 0 radical (unpaired) electrons. The normalized spacial score (nSPS) is 12.5. The van der Waals surface area contributed by atoms with Crippen LogP contribution in [0.2, 0.25) is 0 Å². The van der Waals surface area contributed by atoms with E-state index >= 15 is 0 Å². The molecule has 0 amide bonds. The molecule has 0 spiro atoms. The third kappa shape index (κ3) is 3.38. The van der Waals surface area contributed by atoms with E-state index in [4.69, 9.17) is 5.73 Å². The number of hydrogen-bond acceptors (Lipinski definition) is 4. The van der Waals surface area contributed by atoms with Crippen molar-refractivity contribution in [1.82, 2.24) is 10.2 Å². The van der Waals surface area contributed by atoms with Gasteiger partial charge in [0.1, 0.15) is 0 Å². The summed E-state index contributed by atoms with van der Waals surface area (Å²) >= 11 is 0. The van der Waals surface area contributed by atoms with Crippen LogP contribution < -0.4 is 10.6 Å². The summed E-state index contributed by atoms with van der Waals surface area (Å²) in [6, 6.07) is 4.05.